The summed E-state index contributed by atoms with van der Waals surface area (Å²) in [6.45, 7) is 1.44. The van der Waals surface area contributed by atoms with Gasteiger partial charge in [0.25, 0.3) is 5.91 Å². The molecular weight excluding hydrogens is 274 g/mol. The van der Waals surface area contributed by atoms with Crippen LogP contribution in [0.4, 0.5) is 5.69 Å². The number of hydrogen-bond donors (Lipinski definition) is 2. The Morgan fingerprint density at radius 3 is 2.33 bits per heavy atom. The minimum atomic E-state index is -0.829. The lowest BCUT2D eigenvalue weighted by Gasteiger charge is -2.15. The maximum atomic E-state index is 12.0. The van der Waals surface area contributed by atoms with Gasteiger partial charge in [0, 0.05) is 25.2 Å². The summed E-state index contributed by atoms with van der Waals surface area (Å²) < 4.78 is 0. The van der Waals surface area contributed by atoms with Crippen LogP contribution in [0.3, 0.4) is 0 Å². The van der Waals surface area contributed by atoms with Gasteiger partial charge in [-0.2, -0.15) is 0 Å². The third kappa shape index (κ3) is 3.25. The molecule has 0 bridgehead atoms. The van der Waals surface area contributed by atoms with Crippen molar-refractivity contribution in [3.05, 3.63) is 29.8 Å². The number of anilines is 1. The standard InChI is InChI=1S/C14H15N3O4/c1-8(18)17(2)10-5-3-9(4-6-10)13(20)15-11-7-12(19)16-14(11)21/h3-6,11H,7H2,1-2H3,(H,15,20)(H,16,19,21). The van der Waals surface area contributed by atoms with E-state index in [1.807, 2.05) is 0 Å². The van der Waals surface area contributed by atoms with Crippen LogP contribution in [-0.2, 0) is 14.4 Å². The second-order valence-electron chi connectivity index (χ2n) is 4.77. The predicted molar refractivity (Wildman–Crippen MR) is 74.5 cm³/mol. The first kappa shape index (κ1) is 14.7. The van der Waals surface area contributed by atoms with Crippen molar-refractivity contribution < 1.29 is 19.2 Å². The molecule has 1 aliphatic heterocycles. The Hall–Kier alpha value is -2.70. The summed E-state index contributed by atoms with van der Waals surface area (Å²) in [6, 6.07) is 5.55. The number of carbonyl (C=O) groups excluding carboxylic acids is 4. The fraction of sp³-hybridized carbons (Fsp3) is 0.286. The van der Waals surface area contributed by atoms with Crippen molar-refractivity contribution in [3.8, 4) is 0 Å². The van der Waals surface area contributed by atoms with Gasteiger partial charge in [-0.05, 0) is 24.3 Å². The third-order valence-corrected chi connectivity index (χ3v) is 3.26. The van der Waals surface area contributed by atoms with Gasteiger partial charge >= 0.3 is 0 Å². The molecule has 2 rings (SSSR count). The van der Waals surface area contributed by atoms with Crippen LogP contribution in [0, 0.1) is 0 Å². The fourth-order valence-electron chi connectivity index (χ4n) is 1.93. The van der Waals surface area contributed by atoms with E-state index in [0.717, 1.165) is 0 Å². The summed E-state index contributed by atoms with van der Waals surface area (Å²) >= 11 is 0. The van der Waals surface area contributed by atoms with E-state index < -0.39 is 23.8 Å². The number of amides is 4. The highest BCUT2D eigenvalue weighted by atomic mass is 16.2. The van der Waals surface area contributed by atoms with Crippen molar-refractivity contribution >= 4 is 29.3 Å². The van der Waals surface area contributed by atoms with Crippen molar-refractivity contribution in [3.63, 3.8) is 0 Å². The van der Waals surface area contributed by atoms with E-state index in [2.05, 4.69) is 10.6 Å². The number of carbonyl (C=O) groups is 4. The normalized spacial score (nSPS) is 17.3. The van der Waals surface area contributed by atoms with Gasteiger partial charge in [-0.25, -0.2) is 0 Å². The topological polar surface area (TPSA) is 95.6 Å². The van der Waals surface area contributed by atoms with Gasteiger partial charge in [0.05, 0.1) is 6.42 Å². The average molecular weight is 289 g/mol. The molecule has 110 valence electrons. The molecule has 1 heterocycles. The molecule has 1 saturated heterocycles. The first-order valence-electron chi connectivity index (χ1n) is 6.37. The van der Waals surface area contributed by atoms with Crippen LogP contribution in [-0.4, -0.2) is 36.7 Å². The molecule has 0 aromatic heterocycles. The molecule has 7 heteroatoms. The SMILES string of the molecule is CC(=O)N(C)c1ccc(C(=O)NC2CC(=O)NC2=O)cc1. The third-order valence-electron chi connectivity index (χ3n) is 3.26. The van der Waals surface area contributed by atoms with Gasteiger partial charge in [-0.1, -0.05) is 0 Å². The summed E-state index contributed by atoms with van der Waals surface area (Å²) in [5.74, 6) is -1.46. The predicted octanol–water partition coefficient (Wildman–Crippen LogP) is -0.186. The zero-order valence-electron chi connectivity index (χ0n) is 11.7. The summed E-state index contributed by atoms with van der Waals surface area (Å²) in [7, 11) is 1.63. The number of imide groups is 1. The number of benzene rings is 1. The maximum Gasteiger partial charge on any atom is 0.251 e. The molecule has 4 amide bonds. The first-order chi connectivity index (χ1) is 9.88. The summed E-state index contributed by atoms with van der Waals surface area (Å²) in [6.07, 6.45) is -0.0459. The zero-order chi connectivity index (χ0) is 15.6. The van der Waals surface area contributed by atoms with Crippen molar-refractivity contribution in [1.29, 1.82) is 0 Å². The van der Waals surface area contributed by atoms with Gasteiger partial charge in [0.15, 0.2) is 0 Å². The van der Waals surface area contributed by atoms with Crippen LogP contribution in [0.15, 0.2) is 24.3 Å². The lowest BCUT2D eigenvalue weighted by Crippen LogP contribution is -2.40. The number of nitrogens with one attached hydrogen (secondary N) is 2. The largest absolute Gasteiger partial charge is 0.340 e. The van der Waals surface area contributed by atoms with Gasteiger partial charge in [-0.15, -0.1) is 0 Å². The molecule has 0 spiro atoms. The minimum Gasteiger partial charge on any atom is -0.340 e. The van der Waals surface area contributed by atoms with Crippen LogP contribution in [0.1, 0.15) is 23.7 Å². The van der Waals surface area contributed by atoms with E-state index >= 15 is 0 Å². The van der Waals surface area contributed by atoms with E-state index in [1.54, 1.807) is 31.3 Å². The Labute approximate surface area is 121 Å². The van der Waals surface area contributed by atoms with E-state index in [4.69, 9.17) is 0 Å². The lowest BCUT2D eigenvalue weighted by molar-refractivity contribution is -0.125. The Balaban J connectivity index is 2.05. The van der Waals surface area contributed by atoms with E-state index in [1.165, 1.54) is 11.8 Å². The van der Waals surface area contributed by atoms with E-state index in [9.17, 15) is 19.2 Å². The molecular formula is C14H15N3O4. The van der Waals surface area contributed by atoms with E-state index in [0.29, 0.717) is 11.3 Å². The number of rotatable bonds is 3. The summed E-state index contributed by atoms with van der Waals surface area (Å²) in [4.78, 5) is 47.1. The fourth-order valence-corrected chi connectivity index (χ4v) is 1.93. The van der Waals surface area contributed by atoms with Gasteiger partial charge in [0.1, 0.15) is 6.04 Å². The second kappa shape index (κ2) is 5.74. The van der Waals surface area contributed by atoms with Crippen molar-refractivity contribution in [1.82, 2.24) is 10.6 Å². The van der Waals surface area contributed by atoms with Gasteiger partial charge in [-0.3, -0.25) is 24.5 Å². The van der Waals surface area contributed by atoms with Crippen molar-refractivity contribution in [2.45, 2.75) is 19.4 Å². The second-order valence-corrected chi connectivity index (χ2v) is 4.77. The highest BCUT2D eigenvalue weighted by molar-refractivity contribution is 6.08. The molecule has 7 nitrogen and oxygen atoms in total. The number of hydrogen-bond acceptors (Lipinski definition) is 4. The van der Waals surface area contributed by atoms with Crippen LogP contribution in [0.5, 0.6) is 0 Å². The quantitative estimate of drug-likeness (QED) is 0.754. The smallest absolute Gasteiger partial charge is 0.251 e. The minimum absolute atomic E-state index is 0.0459. The summed E-state index contributed by atoms with van der Waals surface area (Å²) in [5, 5.41) is 4.62. The van der Waals surface area contributed by atoms with Crippen LogP contribution in [0.2, 0.25) is 0 Å². The van der Waals surface area contributed by atoms with Crippen LogP contribution >= 0.6 is 0 Å². The first-order valence-corrected chi connectivity index (χ1v) is 6.37. The highest BCUT2D eigenvalue weighted by Crippen LogP contribution is 2.14. The Bertz CT molecular complexity index is 609. The Morgan fingerprint density at radius 1 is 1.24 bits per heavy atom. The van der Waals surface area contributed by atoms with Crippen LogP contribution in [0.25, 0.3) is 0 Å². The Kier molecular flexibility index (Phi) is 4.02. The maximum absolute atomic E-state index is 12.0. The van der Waals surface area contributed by atoms with Crippen LogP contribution < -0.4 is 15.5 Å². The van der Waals surface area contributed by atoms with Crippen molar-refractivity contribution in [2.24, 2.45) is 0 Å². The van der Waals surface area contributed by atoms with Gasteiger partial charge in [0.2, 0.25) is 17.7 Å². The molecule has 1 unspecified atom stereocenters. The molecule has 0 aliphatic carbocycles. The Morgan fingerprint density at radius 2 is 1.86 bits per heavy atom. The molecule has 1 atom stereocenters. The van der Waals surface area contributed by atoms with E-state index in [-0.39, 0.29) is 12.3 Å². The monoisotopic (exact) mass is 289 g/mol. The molecule has 0 saturated carbocycles. The molecule has 1 aromatic carbocycles. The molecule has 0 radical (unpaired) electrons. The highest BCUT2D eigenvalue weighted by Gasteiger charge is 2.31. The zero-order valence-corrected chi connectivity index (χ0v) is 11.7. The average Bonchev–Trinajstić information content (AvgIpc) is 2.76. The molecule has 1 aliphatic rings. The van der Waals surface area contributed by atoms with Crippen molar-refractivity contribution in [2.75, 3.05) is 11.9 Å². The van der Waals surface area contributed by atoms with Gasteiger partial charge < -0.3 is 10.2 Å². The lowest BCUT2D eigenvalue weighted by atomic mass is 10.1. The molecule has 21 heavy (non-hydrogen) atoms. The molecule has 1 aromatic rings. The number of nitrogens with zero attached hydrogens (tertiary/aromatic N) is 1. The summed E-state index contributed by atoms with van der Waals surface area (Å²) in [5.41, 5.74) is 1.01. The molecule has 2 N–H and O–H groups in total. The molecule has 1 fully saturated rings.